The molecule has 0 bridgehead atoms. The van der Waals surface area contributed by atoms with Crippen LogP contribution in [0.3, 0.4) is 0 Å². The number of aromatic amines is 1. The second-order valence-corrected chi connectivity index (χ2v) is 9.43. The number of fused-ring (bicyclic) bond motifs is 4. The topological polar surface area (TPSA) is 111 Å². The summed E-state index contributed by atoms with van der Waals surface area (Å²) in [6.07, 6.45) is 3.17. The lowest BCUT2D eigenvalue weighted by Gasteiger charge is -2.56. The Morgan fingerprint density at radius 3 is 2.62 bits per heavy atom. The van der Waals surface area contributed by atoms with E-state index < -0.39 is 11.5 Å². The molecule has 9 nitrogen and oxygen atoms in total. The maximum absolute atomic E-state index is 13.5. The van der Waals surface area contributed by atoms with Gasteiger partial charge >= 0.3 is 6.03 Å². The number of carbonyl (C=O) groups is 2. The zero-order chi connectivity index (χ0) is 24.0. The summed E-state index contributed by atoms with van der Waals surface area (Å²) in [5.74, 6) is 0.546. The first-order valence-electron chi connectivity index (χ1n) is 11.4. The van der Waals surface area contributed by atoms with Gasteiger partial charge in [-0.05, 0) is 43.7 Å². The third-order valence-corrected chi connectivity index (χ3v) is 6.80. The number of aromatic nitrogens is 2. The van der Waals surface area contributed by atoms with E-state index in [2.05, 4.69) is 15.3 Å². The molecule has 178 valence electrons. The van der Waals surface area contributed by atoms with Crippen molar-refractivity contribution in [2.24, 2.45) is 0 Å². The molecule has 2 aliphatic rings. The second-order valence-electron chi connectivity index (χ2n) is 9.43. The Hall–Kier alpha value is -3.59. The number of nitrogens with one attached hydrogen (secondary N) is 2. The van der Waals surface area contributed by atoms with Crippen molar-refractivity contribution in [1.29, 1.82) is 0 Å². The molecular formula is C25H29N5O4. The van der Waals surface area contributed by atoms with Crippen LogP contribution in [0.4, 0.5) is 4.79 Å². The molecule has 3 aromatic rings. The van der Waals surface area contributed by atoms with Gasteiger partial charge in [0.25, 0.3) is 5.91 Å². The lowest BCUT2D eigenvalue weighted by Crippen LogP contribution is -2.69. The van der Waals surface area contributed by atoms with Crippen molar-refractivity contribution in [3.8, 4) is 5.75 Å². The molecule has 9 heteroatoms. The summed E-state index contributed by atoms with van der Waals surface area (Å²) in [5, 5.41) is 14.4. The van der Waals surface area contributed by atoms with E-state index in [-0.39, 0.29) is 24.6 Å². The van der Waals surface area contributed by atoms with Gasteiger partial charge < -0.3 is 29.9 Å². The molecule has 2 aliphatic heterocycles. The summed E-state index contributed by atoms with van der Waals surface area (Å²) in [7, 11) is 1.62. The van der Waals surface area contributed by atoms with Gasteiger partial charge in [0.1, 0.15) is 5.75 Å². The van der Waals surface area contributed by atoms with Crippen LogP contribution in [-0.2, 0) is 5.41 Å². The van der Waals surface area contributed by atoms with E-state index in [9.17, 15) is 14.7 Å². The van der Waals surface area contributed by atoms with Crippen molar-refractivity contribution < 1.29 is 19.4 Å². The molecule has 0 saturated carbocycles. The first-order chi connectivity index (χ1) is 16.4. The minimum absolute atomic E-state index is 0.0371. The minimum Gasteiger partial charge on any atom is -0.497 e. The molecule has 1 atom stereocenters. The number of methoxy groups -OCH3 is 1. The number of aliphatic hydroxyl groups excluding tert-OH is 1. The summed E-state index contributed by atoms with van der Waals surface area (Å²) in [6.45, 7) is 5.00. The van der Waals surface area contributed by atoms with E-state index in [4.69, 9.17) is 4.74 Å². The monoisotopic (exact) mass is 463 g/mol. The molecule has 4 heterocycles. The van der Waals surface area contributed by atoms with Crippen LogP contribution in [0, 0.1) is 0 Å². The van der Waals surface area contributed by atoms with Crippen molar-refractivity contribution in [3.63, 3.8) is 0 Å². The number of hydrogen-bond donors (Lipinski definition) is 3. The van der Waals surface area contributed by atoms with Gasteiger partial charge in [0.15, 0.2) is 0 Å². The SMILES string of the molecule is COc1ccc2c3c([nH]c2c1)[C@@H](CO)N(C(=O)c1ccncc1)CC31CN(C(=O)NC(C)C)C1. The van der Waals surface area contributed by atoms with Gasteiger partial charge in [-0.25, -0.2) is 4.79 Å². The first-order valence-corrected chi connectivity index (χ1v) is 11.4. The number of likely N-dealkylation sites (tertiary alicyclic amines) is 1. The number of ether oxygens (including phenoxy) is 1. The van der Waals surface area contributed by atoms with E-state index in [0.717, 1.165) is 27.9 Å². The van der Waals surface area contributed by atoms with Gasteiger partial charge in [0.05, 0.1) is 25.2 Å². The number of nitrogens with zero attached hydrogens (tertiary/aromatic N) is 3. The maximum Gasteiger partial charge on any atom is 0.317 e. The molecule has 0 aliphatic carbocycles. The Labute approximate surface area is 197 Å². The van der Waals surface area contributed by atoms with E-state index in [0.29, 0.717) is 25.2 Å². The third-order valence-electron chi connectivity index (χ3n) is 6.80. The van der Waals surface area contributed by atoms with Gasteiger partial charge in [-0.15, -0.1) is 0 Å². The predicted molar refractivity (Wildman–Crippen MR) is 127 cm³/mol. The number of rotatable bonds is 4. The van der Waals surface area contributed by atoms with E-state index in [1.165, 1.54) is 0 Å². The van der Waals surface area contributed by atoms with E-state index >= 15 is 0 Å². The number of benzene rings is 1. The molecule has 3 amide bonds. The third kappa shape index (κ3) is 3.47. The van der Waals surface area contributed by atoms with Crippen LogP contribution >= 0.6 is 0 Å². The fourth-order valence-corrected chi connectivity index (χ4v) is 5.30. The number of carbonyl (C=O) groups excluding carboxylic acids is 2. The highest BCUT2D eigenvalue weighted by atomic mass is 16.5. The highest BCUT2D eigenvalue weighted by molar-refractivity contribution is 5.96. The van der Waals surface area contributed by atoms with Crippen molar-refractivity contribution in [1.82, 2.24) is 25.1 Å². The van der Waals surface area contributed by atoms with Crippen molar-refractivity contribution in [2.45, 2.75) is 31.3 Å². The van der Waals surface area contributed by atoms with Crippen molar-refractivity contribution in [2.75, 3.05) is 33.4 Å². The summed E-state index contributed by atoms with van der Waals surface area (Å²) in [4.78, 5) is 37.2. The lowest BCUT2D eigenvalue weighted by atomic mass is 9.68. The number of urea groups is 1. The van der Waals surface area contributed by atoms with E-state index in [1.54, 1.807) is 41.4 Å². The second kappa shape index (κ2) is 8.32. The van der Waals surface area contributed by atoms with Crippen LogP contribution in [-0.4, -0.2) is 76.2 Å². The smallest absolute Gasteiger partial charge is 0.317 e. The molecule has 2 aromatic heterocycles. The molecule has 0 unspecified atom stereocenters. The Morgan fingerprint density at radius 2 is 1.97 bits per heavy atom. The largest absolute Gasteiger partial charge is 0.497 e. The van der Waals surface area contributed by atoms with Crippen molar-refractivity contribution >= 4 is 22.8 Å². The van der Waals surface area contributed by atoms with Gasteiger partial charge in [0, 0.05) is 66.3 Å². The molecule has 1 spiro atoms. The molecule has 34 heavy (non-hydrogen) atoms. The average molecular weight is 464 g/mol. The summed E-state index contributed by atoms with van der Waals surface area (Å²) >= 11 is 0. The fourth-order valence-electron chi connectivity index (χ4n) is 5.30. The highest BCUT2D eigenvalue weighted by Crippen LogP contribution is 2.48. The number of H-pyrrole nitrogens is 1. The van der Waals surface area contributed by atoms with Crippen LogP contribution in [0.25, 0.3) is 10.9 Å². The van der Waals surface area contributed by atoms with Crippen LogP contribution < -0.4 is 10.1 Å². The van der Waals surface area contributed by atoms with Crippen LogP contribution in [0.2, 0.25) is 0 Å². The normalized spacial score (nSPS) is 18.7. The molecule has 1 fully saturated rings. The summed E-state index contributed by atoms with van der Waals surface area (Å²) < 4.78 is 5.40. The molecule has 1 saturated heterocycles. The van der Waals surface area contributed by atoms with E-state index in [1.807, 2.05) is 32.0 Å². The van der Waals surface area contributed by atoms with Gasteiger partial charge in [0.2, 0.25) is 0 Å². The minimum atomic E-state index is -0.529. The lowest BCUT2D eigenvalue weighted by molar-refractivity contribution is 0.0138. The number of amides is 3. The highest BCUT2D eigenvalue weighted by Gasteiger charge is 2.55. The summed E-state index contributed by atoms with van der Waals surface area (Å²) in [5.41, 5.74) is 2.83. The molecule has 3 N–H and O–H groups in total. The average Bonchev–Trinajstić information content (AvgIpc) is 3.20. The zero-order valence-corrected chi connectivity index (χ0v) is 19.5. The maximum atomic E-state index is 13.5. The predicted octanol–water partition coefficient (Wildman–Crippen LogP) is 2.43. The van der Waals surface area contributed by atoms with Gasteiger partial charge in [-0.1, -0.05) is 0 Å². The Kier molecular flexibility index (Phi) is 5.44. The van der Waals surface area contributed by atoms with Crippen molar-refractivity contribution in [3.05, 3.63) is 59.5 Å². The molecule has 1 aromatic carbocycles. The van der Waals surface area contributed by atoms with Gasteiger partial charge in [-0.2, -0.15) is 0 Å². The quantitative estimate of drug-likeness (QED) is 0.550. The Balaban J connectivity index is 1.60. The fraction of sp³-hybridized carbons (Fsp3) is 0.400. The zero-order valence-electron chi connectivity index (χ0n) is 19.5. The van der Waals surface area contributed by atoms with Crippen LogP contribution in [0.5, 0.6) is 5.75 Å². The number of pyridine rings is 1. The Morgan fingerprint density at radius 1 is 1.24 bits per heavy atom. The summed E-state index contributed by atoms with van der Waals surface area (Å²) in [6, 6.07) is 8.60. The Bertz CT molecular complexity index is 1230. The van der Waals surface area contributed by atoms with Crippen LogP contribution in [0.15, 0.2) is 42.7 Å². The number of aliphatic hydroxyl groups is 1. The molecule has 5 rings (SSSR count). The number of hydrogen-bond acceptors (Lipinski definition) is 5. The van der Waals surface area contributed by atoms with Crippen LogP contribution in [0.1, 0.15) is 41.5 Å². The van der Waals surface area contributed by atoms with Gasteiger partial charge in [-0.3, -0.25) is 9.78 Å². The molecule has 0 radical (unpaired) electrons. The standard InChI is InChI=1S/C25H29N5O4/c1-15(2)27-24(33)29-12-25(13-29)14-30(23(32)16-6-8-26-9-7-16)20(11-31)22-21(25)18-5-4-17(34-3)10-19(18)28-22/h4-10,15,20,28,31H,11-14H2,1-3H3,(H,27,33)/t20-/m1/s1. The molecular weight excluding hydrogens is 434 g/mol. The first kappa shape index (κ1) is 22.2.